The summed E-state index contributed by atoms with van der Waals surface area (Å²) in [7, 11) is 0. The van der Waals surface area contributed by atoms with Crippen LogP contribution in [0.15, 0.2) is 24.3 Å². The number of likely N-dealkylation sites (tertiary alicyclic amines) is 1. The third-order valence-electron chi connectivity index (χ3n) is 6.18. The van der Waals surface area contributed by atoms with Crippen molar-refractivity contribution in [3.63, 3.8) is 0 Å². The molecule has 1 aromatic heterocycles. The van der Waals surface area contributed by atoms with Gasteiger partial charge in [0.05, 0.1) is 18.3 Å². The molecule has 1 aromatic carbocycles. The second kappa shape index (κ2) is 8.91. The molecule has 0 bridgehead atoms. The number of nitrogens with one attached hydrogen (secondary N) is 1. The van der Waals surface area contributed by atoms with Crippen LogP contribution in [0.1, 0.15) is 47.8 Å². The quantitative estimate of drug-likeness (QED) is 0.834. The second-order valence-electron chi connectivity index (χ2n) is 8.19. The highest BCUT2D eigenvalue weighted by molar-refractivity contribution is 5.73. The minimum Gasteiger partial charge on any atom is -0.338 e. The van der Waals surface area contributed by atoms with E-state index < -0.39 is 0 Å². The van der Waals surface area contributed by atoms with Crippen LogP contribution in [0.5, 0.6) is 0 Å². The van der Waals surface area contributed by atoms with Gasteiger partial charge in [0.2, 0.25) is 5.91 Å². The molecule has 1 amide bonds. The van der Waals surface area contributed by atoms with Gasteiger partial charge in [0, 0.05) is 31.7 Å². The summed E-state index contributed by atoms with van der Waals surface area (Å²) in [6.07, 6.45) is 3.06. The van der Waals surface area contributed by atoms with Crippen molar-refractivity contribution in [2.24, 2.45) is 0 Å². The van der Waals surface area contributed by atoms with Gasteiger partial charge in [-0.3, -0.25) is 9.48 Å². The Labute approximate surface area is 169 Å². The molecule has 1 aliphatic rings. The Bertz CT molecular complexity index is 826. The summed E-state index contributed by atoms with van der Waals surface area (Å²) in [4.78, 5) is 14.3. The van der Waals surface area contributed by atoms with Gasteiger partial charge in [0.1, 0.15) is 0 Å². The average Bonchev–Trinajstić information content (AvgIpc) is 2.89. The van der Waals surface area contributed by atoms with Crippen molar-refractivity contribution in [2.45, 2.75) is 72.5 Å². The highest BCUT2D eigenvalue weighted by Crippen LogP contribution is 2.22. The number of amides is 1. The Hall–Kier alpha value is -2.14. The summed E-state index contributed by atoms with van der Waals surface area (Å²) in [5.41, 5.74) is 6.20. The topological polar surface area (TPSA) is 50.2 Å². The second-order valence-corrected chi connectivity index (χ2v) is 8.19. The highest BCUT2D eigenvalue weighted by Gasteiger charge is 2.32. The number of hydrogen-bond acceptors (Lipinski definition) is 3. The molecule has 0 unspecified atom stereocenters. The van der Waals surface area contributed by atoms with Gasteiger partial charge in [0.25, 0.3) is 0 Å². The van der Waals surface area contributed by atoms with Crippen molar-refractivity contribution in [3.8, 4) is 0 Å². The molecule has 0 radical (unpaired) electrons. The molecule has 0 aliphatic carbocycles. The Kier molecular flexibility index (Phi) is 6.55. The zero-order valence-corrected chi connectivity index (χ0v) is 18.0. The lowest BCUT2D eigenvalue weighted by atomic mass is 9.90. The van der Waals surface area contributed by atoms with Crippen LogP contribution in [0, 0.1) is 27.7 Å². The first kappa shape index (κ1) is 20.6. The highest BCUT2D eigenvalue weighted by atomic mass is 16.2. The van der Waals surface area contributed by atoms with E-state index in [1.807, 2.05) is 0 Å². The van der Waals surface area contributed by atoms with Crippen LogP contribution < -0.4 is 5.32 Å². The van der Waals surface area contributed by atoms with E-state index in [9.17, 15) is 4.79 Å². The van der Waals surface area contributed by atoms with E-state index in [1.54, 1.807) is 6.92 Å². The molecule has 0 spiro atoms. The lowest BCUT2D eigenvalue weighted by molar-refractivity contribution is -0.133. The fourth-order valence-electron chi connectivity index (χ4n) is 4.38. The Morgan fingerprint density at radius 1 is 1.25 bits per heavy atom. The summed E-state index contributed by atoms with van der Waals surface area (Å²) < 4.78 is 2.10. The number of aryl methyl sites for hydroxylation is 2. The molecule has 1 fully saturated rings. The predicted molar refractivity (Wildman–Crippen MR) is 114 cm³/mol. The molecule has 1 saturated heterocycles. The van der Waals surface area contributed by atoms with Crippen molar-refractivity contribution < 1.29 is 4.79 Å². The van der Waals surface area contributed by atoms with Gasteiger partial charge in [0.15, 0.2) is 0 Å². The maximum absolute atomic E-state index is 12.3. The molecule has 1 aliphatic heterocycles. The first-order chi connectivity index (χ1) is 13.4. The van der Waals surface area contributed by atoms with E-state index in [-0.39, 0.29) is 11.9 Å². The molecule has 152 valence electrons. The molecule has 0 saturated carbocycles. The standard InChI is InChI=1S/C23H34N4O/c1-16-8-6-9-21(14-16)15-23-22(10-7-12-26(23)20(5)28)24-11-13-27-19(4)17(2)18(3)25-27/h6,8-9,14,22-24H,7,10-13,15H2,1-5H3/t22-,23-/m0/s1. The van der Waals surface area contributed by atoms with Crippen LogP contribution in [0.2, 0.25) is 0 Å². The normalized spacial score (nSPS) is 19.8. The monoisotopic (exact) mass is 382 g/mol. The molecular weight excluding hydrogens is 348 g/mol. The SMILES string of the molecule is CC(=O)N1CCC[C@H](NCCn2nc(C)c(C)c2C)[C@@H]1Cc1cccc(C)c1. The lowest BCUT2D eigenvalue weighted by Gasteiger charge is -2.41. The molecule has 2 aromatic rings. The zero-order valence-electron chi connectivity index (χ0n) is 18.0. The van der Waals surface area contributed by atoms with Gasteiger partial charge in [-0.1, -0.05) is 29.8 Å². The van der Waals surface area contributed by atoms with E-state index in [0.717, 1.165) is 44.6 Å². The third kappa shape index (κ3) is 4.64. The minimum absolute atomic E-state index is 0.179. The zero-order chi connectivity index (χ0) is 20.3. The van der Waals surface area contributed by atoms with Crippen molar-refractivity contribution in [1.29, 1.82) is 0 Å². The van der Waals surface area contributed by atoms with Crippen molar-refractivity contribution in [1.82, 2.24) is 20.0 Å². The molecule has 2 atom stereocenters. The van der Waals surface area contributed by atoms with Crippen LogP contribution in [0.25, 0.3) is 0 Å². The summed E-state index contributed by atoms with van der Waals surface area (Å²) in [5.74, 6) is 0.179. The summed E-state index contributed by atoms with van der Waals surface area (Å²) in [6, 6.07) is 9.17. The minimum atomic E-state index is 0.179. The van der Waals surface area contributed by atoms with E-state index in [2.05, 4.69) is 72.0 Å². The van der Waals surface area contributed by atoms with E-state index in [1.165, 1.54) is 22.4 Å². The maximum atomic E-state index is 12.3. The first-order valence-corrected chi connectivity index (χ1v) is 10.4. The largest absolute Gasteiger partial charge is 0.338 e. The van der Waals surface area contributed by atoms with Gasteiger partial charge >= 0.3 is 0 Å². The van der Waals surface area contributed by atoms with Gasteiger partial charge in [-0.05, 0) is 58.1 Å². The molecule has 3 rings (SSSR count). The van der Waals surface area contributed by atoms with Crippen LogP contribution in [0.4, 0.5) is 0 Å². The number of benzene rings is 1. The molecule has 5 heteroatoms. The van der Waals surface area contributed by atoms with Crippen LogP contribution >= 0.6 is 0 Å². The molecule has 1 N–H and O–H groups in total. The van der Waals surface area contributed by atoms with Crippen LogP contribution in [-0.2, 0) is 17.8 Å². The Balaban J connectivity index is 1.69. The van der Waals surface area contributed by atoms with Gasteiger partial charge in [-0.2, -0.15) is 5.10 Å². The number of carbonyl (C=O) groups is 1. The van der Waals surface area contributed by atoms with E-state index in [0.29, 0.717) is 6.04 Å². The number of piperidine rings is 1. The number of nitrogens with zero attached hydrogens (tertiary/aromatic N) is 3. The summed E-state index contributed by atoms with van der Waals surface area (Å²) >= 11 is 0. The number of hydrogen-bond donors (Lipinski definition) is 1. The van der Waals surface area contributed by atoms with Crippen molar-refractivity contribution in [2.75, 3.05) is 13.1 Å². The Morgan fingerprint density at radius 2 is 2.04 bits per heavy atom. The number of carbonyl (C=O) groups excluding carboxylic acids is 1. The van der Waals surface area contributed by atoms with Crippen LogP contribution in [-0.4, -0.2) is 45.8 Å². The summed E-state index contributed by atoms with van der Waals surface area (Å²) in [6.45, 7) is 12.7. The predicted octanol–water partition coefficient (Wildman–Crippen LogP) is 3.33. The first-order valence-electron chi connectivity index (χ1n) is 10.4. The molecular formula is C23H34N4O. The van der Waals surface area contributed by atoms with E-state index in [4.69, 9.17) is 0 Å². The van der Waals surface area contributed by atoms with Crippen molar-refractivity contribution >= 4 is 5.91 Å². The smallest absolute Gasteiger partial charge is 0.219 e. The molecule has 28 heavy (non-hydrogen) atoms. The van der Waals surface area contributed by atoms with Gasteiger partial charge in [-0.25, -0.2) is 0 Å². The average molecular weight is 383 g/mol. The molecule has 5 nitrogen and oxygen atoms in total. The van der Waals surface area contributed by atoms with E-state index >= 15 is 0 Å². The lowest BCUT2D eigenvalue weighted by Crippen LogP contribution is -2.56. The fraction of sp³-hybridized carbons (Fsp3) is 0.565. The van der Waals surface area contributed by atoms with Gasteiger partial charge < -0.3 is 10.2 Å². The number of rotatable bonds is 6. The Morgan fingerprint density at radius 3 is 2.68 bits per heavy atom. The summed E-state index contributed by atoms with van der Waals surface area (Å²) in [5, 5.41) is 8.39. The molecule has 2 heterocycles. The van der Waals surface area contributed by atoms with Crippen LogP contribution in [0.3, 0.4) is 0 Å². The number of aromatic nitrogens is 2. The fourth-order valence-corrected chi connectivity index (χ4v) is 4.38. The third-order valence-corrected chi connectivity index (χ3v) is 6.18. The maximum Gasteiger partial charge on any atom is 0.219 e. The van der Waals surface area contributed by atoms with Gasteiger partial charge in [-0.15, -0.1) is 0 Å². The van der Waals surface area contributed by atoms with Crippen molar-refractivity contribution in [3.05, 3.63) is 52.3 Å².